The number of para-hydroxylation sites is 2. The van der Waals surface area contributed by atoms with Crippen LogP contribution in [0.4, 0.5) is 18.9 Å². The highest BCUT2D eigenvalue weighted by molar-refractivity contribution is 6.39. The average molecular weight is 521 g/mol. The highest BCUT2D eigenvalue weighted by Gasteiger charge is 2.34. The fourth-order valence-corrected chi connectivity index (χ4v) is 3.83. The van der Waals surface area contributed by atoms with Crippen molar-refractivity contribution < 1.29 is 27.5 Å². The van der Waals surface area contributed by atoms with Crippen molar-refractivity contribution in [2.24, 2.45) is 5.10 Å². The van der Waals surface area contributed by atoms with E-state index in [1.54, 1.807) is 56.3 Å². The van der Waals surface area contributed by atoms with E-state index in [4.69, 9.17) is 4.74 Å². The number of nitrogens with zero attached hydrogens (tertiary/aromatic N) is 2. The molecular weight excluding hydrogens is 497 g/mol. The van der Waals surface area contributed by atoms with Crippen LogP contribution in [0.1, 0.15) is 22.5 Å². The van der Waals surface area contributed by atoms with Gasteiger partial charge in [-0.3, -0.25) is 9.59 Å². The summed E-state index contributed by atoms with van der Waals surface area (Å²) in [5.41, 5.74) is 3.24. The fourth-order valence-electron chi connectivity index (χ4n) is 3.83. The van der Waals surface area contributed by atoms with Crippen LogP contribution in [0, 0.1) is 13.8 Å². The Balaban J connectivity index is 1.39. The topological polar surface area (TPSA) is 84.7 Å². The van der Waals surface area contributed by atoms with Crippen LogP contribution >= 0.6 is 0 Å². The first-order valence-corrected chi connectivity index (χ1v) is 11.5. The van der Waals surface area contributed by atoms with Gasteiger partial charge in [0.2, 0.25) is 0 Å². The van der Waals surface area contributed by atoms with Crippen LogP contribution in [-0.4, -0.2) is 22.6 Å². The summed E-state index contributed by atoms with van der Waals surface area (Å²) in [6, 6.07) is 22.5. The number of nitrogens with one attached hydrogen (secondary N) is 2. The molecule has 1 heterocycles. The second-order valence-electron chi connectivity index (χ2n) is 8.27. The third-order valence-corrected chi connectivity index (χ3v) is 5.59. The van der Waals surface area contributed by atoms with Crippen molar-refractivity contribution >= 4 is 23.7 Å². The molecule has 3 aromatic carbocycles. The molecule has 0 aliphatic carbocycles. The summed E-state index contributed by atoms with van der Waals surface area (Å²) in [4.78, 5) is 24.4. The molecule has 0 spiro atoms. The van der Waals surface area contributed by atoms with Crippen molar-refractivity contribution in [2.45, 2.75) is 20.0 Å². The van der Waals surface area contributed by atoms with Crippen molar-refractivity contribution in [2.75, 3.05) is 5.32 Å². The van der Waals surface area contributed by atoms with Gasteiger partial charge in [0.15, 0.2) is 0 Å². The molecule has 10 heteroatoms. The number of hydrazone groups is 1. The number of ether oxygens (including phenoxy) is 1. The molecule has 0 saturated carbocycles. The normalized spacial score (nSPS) is 11.4. The second-order valence-corrected chi connectivity index (χ2v) is 8.27. The molecule has 0 saturated heterocycles. The lowest BCUT2D eigenvalue weighted by molar-refractivity contribution is -0.137. The van der Waals surface area contributed by atoms with E-state index in [-0.39, 0.29) is 5.69 Å². The van der Waals surface area contributed by atoms with Gasteiger partial charge >= 0.3 is 18.0 Å². The van der Waals surface area contributed by atoms with Crippen molar-refractivity contribution in [3.05, 3.63) is 107 Å². The van der Waals surface area contributed by atoms with Gasteiger partial charge in [0.05, 0.1) is 17.5 Å². The predicted octanol–water partition coefficient (Wildman–Crippen LogP) is 5.99. The minimum atomic E-state index is -4.52. The molecule has 7 nitrogen and oxygen atoms in total. The van der Waals surface area contributed by atoms with Crippen molar-refractivity contribution in [3.8, 4) is 17.2 Å². The number of alkyl halides is 3. The molecule has 2 amide bonds. The van der Waals surface area contributed by atoms with Crippen LogP contribution in [0.25, 0.3) is 5.69 Å². The molecule has 0 aliphatic rings. The molecule has 0 radical (unpaired) electrons. The Morgan fingerprint density at radius 3 is 2.18 bits per heavy atom. The highest BCUT2D eigenvalue weighted by atomic mass is 19.4. The Morgan fingerprint density at radius 2 is 1.50 bits per heavy atom. The highest BCUT2D eigenvalue weighted by Crippen LogP contribution is 2.35. The summed E-state index contributed by atoms with van der Waals surface area (Å²) in [7, 11) is 0. The molecule has 0 aliphatic heterocycles. The quantitative estimate of drug-likeness (QED) is 0.186. The number of amides is 2. The van der Waals surface area contributed by atoms with Crippen LogP contribution in [-0.2, 0) is 15.8 Å². The van der Waals surface area contributed by atoms with Crippen LogP contribution in [0.15, 0.2) is 90.0 Å². The van der Waals surface area contributed by atoms with Gasteiger partial charge in [0.1, 0.15) is 11.5 Å². The third-order valence-electron chi connectivity index (χ3n) is 5.59. The summed E-state index contributed by atoms with van der Waals surface area (Å²) in [5.74, 6) is -0.740. The lowest BCUT2D eigenvalue weighted by Gasteiger charge is -2.16. The SMILES string of the molecule is Cc1cc(/C=N\NC(=O)C(=O)Nc2ccc(Oc3ccccc3)cc2)c(C)n1-c1ccccc1C(F)(F)F. The molecule has 38 heavy (non-hydrogen) atoms. The summed E-state index contributed by atoms with van der Waals surface area (Å²) in [6.45, 7) is 3.31. The number of aryl methyl sites for hydroxylation is 1. The van der Waals surface area contributed by atoms with E-state index in [0.717, 1.165) is 6.07 Å². The first-order chi connectivity index (χ1) is 18.1. The van der Waals surface area contributed by atoms with E-state index in [1.165, 1.54) is 29.0 Å². The monoisotopic (exact) mass is 520 g/mol. The number of halogens is 3. The molecule has 4 rings (SSSR count). The van der Waals surface area contributed by atoms with Gasteiger partial charge in [0, 0.05) is 22.6 Å². The summed E-state index contributed by atoms with van der Waals surface area (Å²) in [5, 5.41) is 6.26. The third kappa shape index (κ3) is 6.09. The molecule has 0 atom stereocenters. The summed E-state index contributed by atoms with van der Waals surface area (Å²) < 4.78 is 47.7. The van der Waals surface area contributed by atoms with E-state index >= 15 is 0 Å². The van der Waals surface area contributed by atoms with E-state index < -0.39 is 23.6 Å². The summed E-state index contributed by atoms with van der Waals surface area (Å²) in [6.07, 6.45) is -3.25. The van der Waals surface area contributed by atoms with Crippen molar-refractivity contribution in [3.63, 3.8) is 0 Å². The Morgan fingerprint density at radius 1 is 0.868 bits per heavy atom. The molecule has 1 aromatic heterocycles. The van der Waals surface area contributed by atoms with Gasteiger partial charge in [-0.2, -0.15) is 18.3 Å². The van der Waals surface area contributed by atoms with Crippen LogP contribution in [0.5, 0.6) is 11.5 Å². The molecule has 4 aromatic rings. The maximum Gasteiger partial charge on any atom is 0.418 e. The maximum absolute atomic E-state index is 13.5. The number of hydrogen-bond acceptors (Lipinski definition) is 4. The largest absolute Gasteiger partial charge is 0.457 e. The van der Waals surface area contributed by atoms with Crippen LogP contribution < -0.4 is 15.5 Å². The predicted molar refractivity (Wildman–Crippen MR) is 138 cm³/mol. The Labute approximate surface area is 216 Å². The number of carbonyl (C=O) groups is 2. The van der Waals surface area contributed by atoms with E-state index in [1.807, 2.05) is 18.2 Å². The number of aromatic nitrogens is 1. The minimum absolute atomic E-state index is 0.0155. The van der Waals surface area contributed by atoms with Gasteiger partial charge in [-0.1, -0.05) is 30.3 Å². The average Bonchev–Trinajstić information content (AvgIpc) is 3.17. The lowest BCUT2D eigenvalue weighted by atomic mass is 10.1. The zero-order valence-electron chi connectivity index (χ0n) is 20.4. The maximum atomic E-state index is 13.5. The zero-order chi connectivity index (χ0) is 27.3. The second kappa shape index (κ2) is 11.0. The molecule has 0 fully saturated rings. The summed E-state index contributed by atoms with van der Waals surface area (Å²) >= 11 is 0. The zero-order valence-corrected chi connectivity index (χ0v) is 20.4. The van der Waals surface area contributed by atoms with Gasteiger partial charge in [0.25, 0.3) is 0 Å². The lowest BCUT2D eigenvalue weighted by Crippen LogP contribution is -2.32. The van der Waals surface area contributed by atoms with E-state index in [9.17, 15) is 22.8 Å². The smallest absolute Gasteiger partial charge is 0.418 e. The van der Waals surface area contributed by atoms with Crippen molar-refractivity contribution in [1.29, 1.82) is 0 Å². The van der Waals surface area contributed by atoms with E-state index in [0.29, 0.717) is 34.1 Å². The number of benzene rings is 3. The molecule has 0 bridgehead atoms. The van der Waals surface area contributed by atoms with Crippen molar-refractivity contribution in [1.82, 2.24) is 9.99 Å². The van der Waals surface area contributed by atoms with Gasteiger partial charge in [-0.15, -0.1) is 0 Å². The van der Waals surface area contributed by atoms with Gasteiger partial charge in [-0.25, -0.2) is 5.43 Å². The van der Waals surface area contributed by atoms with Gasteiger partial charge < -0.3 is 14.6 Å². The first-order valence-electron chi connectivity index (χ1n) is 11.5. The molecule has 194 valence electrons. The molecule has 0 unspecified atom stereocenters. The number of hydrogen-bond donors (Lipinski definition) is 2. The van der Waals surface area contributed by atoms with Crippen LogP contribution in [0.2, 0.25) is 0 Å². The fraction of sp³-hybridized carbons (Fsp3) is 0.107. The number of anilines is 1. The first kappa shape index (κ1) is 26.2. The Bertz CT molecular complexity index is 1480. The molecule has 2 N–H and O–H groups in total. The number of rotatable bonds is 6. The van der Waals surface area contributed by atoms with E-state index in [2.05, 4.69) is 15.8 Å². The minimum Gasteiger partial charge on any atom is -0.457 e. The standard InChI is InChI=1S/C28H23F3N4O3/c1-18-16-20(19(2)35(18)25-11-7-6-10-24(25)28(29,30)31)17-32-34-27(37)26(36)33-21-12-14-23(15-13-21)38-22-8-4-3-5-9-22/h3-17H,1-2H3,(H,33,36)(H,34,37)/b32-17-. The van der Waals surface area contributed by atoms with Crippen LogP contribution in [0.3, 0.4) is 0 Å². The number of carbonyl (C=O) groups excluding carboxylic acids is 2. The Kier molecular flexibility index (Phi) is 7.61. The Hall–Kier alpha value is -4.86. The van der Waals surface area contributed by atoms with Gasteiger partial charge in [-0.05, 0) is 68.4 Å². The molecular formula is C28H23F3N4O3.